The van der Waals surface area contributed by atoms with Crippen LogP contribution in [-0.2, 0) is 17.9 Å². The van der Waals surface area contributed by atoms with Gasteiger partial charge in [0.25, 0.3) is 0 Å². The van der Waals surface area contributed by atoms with Crippen LogP contribution in [0.5, 0.6) is 0 Å². The zero-order valence-corrected chi connectivity index (χ0v) is 15.8. The molecular weight excluding hydrogens is 330 g/mol. The number of hydrogen-bond donors (Lipinski definition) is 0. The van der Waals surface area contributed by atoms with Crippen molar-refractivity contribution in [1.82, 2.24) is 14.8 Å². The number of carbonyl (C=O) groups excluding carboxylic acids is 1. The van der Waals surface area contributed by atoms with Gasteiger partial charge in [0, 0.05) is 31.1 Å². The van der Waals surface area contributed by atoms with E-state index in [1.54, 1.807) is 11.3 Å². The molecule has 3 fully saturated rings. The van der Waals surface area contributed by atoms with Crippen LogP contribution in [0.3, 0.4) is 0 Å². The van der Waals surface area contributed by atoms with Gasteiger partial charge in [-0.25, -0.2) is 4.98 Å². The number of aromatic nitrogens is 1. The maximum atomic E-state index is 12.9. The maximum absolute atomic E-state index is 12.9. The zero-order valence-electron chi connectivity index (χ0n) is 14.9. The summed E-state index contributed by atoms with van der Waals surface area (Å²) in [5.74, 6) is 0.468. The molecule has 4 heterocycles. The lowest BCUT2D eigenvalue weighted by molar-refractivity contribution is -0.140. The molecule has 0 radical (unpaired) electrons. The Kier molecular flexibility index (Phi) is 4.61. The number of fused-ring (bicyclic) bond motifs is 4. The van der Waals surface area contributed by atoms with Gasteiger partial charge < -0.3 is 4.90 Å². The van der Waals surface area contributed by atoms with Crippen molar-refractivity contribution in [1.29, 1.82) is 0 Å². The first kappa shape index (κ1) is 16.7. The van der Waals surface area contributed by atoms with Crippen molar-refractivity contribution in [2.24, 2.45) is 5.92 Å². The molecular formula is C20H25N3OS. The van der Waals surface area contributed by atoms with Crippen molar-refractivity contribution in [3.8, 4) is 0 Å². The van der Waals surface area contributed by atoms with Crippen LogP contribution in [0.25, 0.3) is 0 Å². The standard InChI is InChI=1S/C20H25N3OS/c1-14-3-4-15(2)17(7-14)9-22-8-16-5-6-19(11-22)23(20(16)24)10-18-12-25-13-21-18/h3-4,7,12-13,16,19H,5-6,8-11H2,1-2H3/t16-,19+/m1/s1. The molecule has 0 N–H and O–H groups in total. The van der Waals surface area contributed by atoms with Gasteiger partial charge in [-0.05, 0) is 37.8 Å². The third-order valence-electron chi connectivity index (χ3n) is 5.58. The lowest BCUT2D eigenvalue weighted by atomic mass is 9.94. The third kappa shape index (κ3) is 3.48. The van der Waals surface area contributed by atoms with Gasteiger partial charge in [0.2, 0.25) is 5.91 Å². The molecule has 25 heavy (non-hydrogen) atoms. The van der Waals surface area contributed by atoms with E-state index in [0.29, 0.717) is 18.5 Å². The summed E-state index contributed by atoms with van der Waals surface area (Å²) in [4.78, 5) is 21.9. The van der Waals surface area contributed by atoms with Crippen molar-refractivity contribution >= 4 is 17.2 Å². The summed E-state index contributed by atoms with van der Waals surface area (Å²) in [5.41, 5.74) is 6.90. The highest BCUT2D eigenvalue weighted by atomic mass is 32.1. The fourth-order valence-corrected chi connectivity index (χ4v) is 4.72. The first-order valence-electron chi connectivity index (χ1n) is 9.06. The molecule has 5 rings (SSSR count). The Morgan fingerprint density at radius 2 is 2.08 bits per heavy atom. The van der Waals surface area contributed by atoms with Crippen molar-refractivity contribution in [2.75, 3.05) is 13.1 Å². The summed E-state index contributed by atoms with van der Waals surface area (Å²) in [6, 6.07) is 6.98. The van der Waals surface area contributed by atoms with Gasteiger partial charge in [-0.1, -0.05) is 23.8 Å². The minimum atomic E-state index is 0.141. The second-order valence-electron chi connectivity index (χ2n) is 7.50. The molecule has 3 aliphatic heterocycles. The van der Waals surface area contributed by atoms with E-state index in [1.807, 2.05) is 5.51 Å². The van der Waals surface area contributed by atoms with E-state index in [0.717, 1.165) is 38.2 Å². The second kappa shape index (κ2) is 6.89. The van der Waals surface area contributed by atoms with Gasteiger partial charge in [0.15, 0.2) is 0 Å². The van der Waals surface area contributed by atoms with Crippen LogP contribution in [0, 0.1) is 19.8 Å². The quantitative estimate of drug-likeness (QED) is 0.844. The Morgan fingerprint density at radius 3 is 2.88 bits per heavy atom. The Labute approximate surface area is 153 Å². The molecule has 0 spiro atoms. The van der Waals surface area contributed by atoms with Crippen LogP contribution in [0.1, 0.15) is 35.2 Å². The molecule has 1 aromatic heterocycles. The Balaban J connectivity index is 1.52. The monoisotopic (exact) mass is 355 g/mol. The largest absolute Gasteiger partial charge is 0.332 e. The first-order valence-corrected chi connectivity index (χ1v) is 10.0. The predicted molar refractivity (Wildman–Crippen MR) is 100 cm³/mol. The molecule has 1 amide bonds. The summed E-state index contributed by atoms with van der Waals surface area (Å²) in [6.07, 6.45) is 2.14. The van der Waals surface area contributed by atoms with Gasteiger partial charge in [0.1, 0.15) is 0 Å². The Hall–Kier alpha value is -1.72. The summed E-state index contributed by atoms with van der Waals surface area (Å²) in [6.45, 7) is 7.80. The number of hydrogen-bond acceptors (Lipinski definition) is 4. The predicted octanol–water partition coefficient (Wildman–Crippen LogP) is 3.38. The average molecular weight is 356 g/mol. The molecule has 0 unspecified atom stereocenters. The van der Waals surface area contributed by atoms with Gasteiger partial charge >= 0.3 is 0 Å². The van der Waals surface area contributed by atoms with Crippen LogP contribution < -0.4 is 0 Å². The van der Waals surface area contributed by atoms with Crippen molar-refractivity contribution in [3.63, 3.8) is 0 Å². The molecule has 132 valence electrons. The zero-order chi connectivity index (χ0) is 17.4. The number of aryl methyl sites for hydroxylation is 2. The highest BCUT2D eigenvalue weighted by Gasteiger charge is 2.40. The Morgan fingerprint density at radius 1 is 1.20 bits per heavy atom. The molecule has 2 aromatic rings. The molecule has 2 bridgehead atoms. The maximum Gasteiger partial charge on any atom is 0.227 e. The number of amides is 1. The summed E-state index contributed by atoms with van der Waals surface area (Å²) in [7, 11) is 0. The van der Waals surface area contributed by atoms with E-state index < -0.39 is 0 Å². The molecule has 5 heteroatoms. The van der Waals surface area contributed by atoms with E-state index in [4.69, 9.17) is 0 Å². The van der Waals surface area contributed by atoms with E-state index in [9.17, 15) is 4.79 Å². The smallest absolute Gasteiger partial charge is 0.227 e. The normalized spacial score (nSPS) is 23.9. The van der Waals surface area contributed by atoms with Gasteiger partial charge in [-0.15, -0.1) is 11.3 Å². The molecule has 3 saturated heterocycles. The first-order chi connectivity index (χ1) is 12.1. The molecule has 0 aliphatic carbocycles. The third-order valence-corrected chi connectivity index (χ3v) is 6.22. The van der Waals surface area contributed by atoms with Gasteiger partial charge in [0.05, 0.1) is 23.7 Å². The molecule has 2 atom stereocenters. The van der Waals surface area contributed by atoms with E-state index >= 15 is 0 Å². The highest BCUT2D eigenvalue weighted by molar-refractivity contribution is 7.07. The number of nitrogens with zero attached hydrogens (tertiary/aromatic N) is 3. The molecule has 4 nitrogen and oxygen atoms in total. The Bertz CT molecular complexity index is 758. The van der Waals surface area contributed by atoms with Crippen molar-refractivity contribution < 1.29 is 4.79 Å². The summed E-state index contributed by atoms with van der Waals surface area (Å²) >= 11 is 1.60. The number of piperidine rings is 1. The van der Waals surface area contributed by atoms with E-state index in [-0.39, 0.29) is 5.92 Å². The minimum Gasteiger partial charge on any atom is -0.332 e. The second-order valence-corrected chi connectivity index (χ2v) is 8.22. The molecule has 3 aliphatic rings. The topological polar surface area (TPSA) is 36.4 Å². The lowest BCUT2D eigenvalue weighted by Crippen LogP contribution is -2.47. The van der Waals surface area contributed by atoms with Crippen LogP contribution in [0.2, 0.25) is 0 Å². The van der Waals surface area contributed by atoms with Gasteiger partial charge in [-0.2, -0.15) is 0 Å². The van der Waals surface area contributed by atoms with Crippen LogP contribution in [0.4, 0.5) is 0 Å². The molecule has 1 aromatic carbocycles. The fourth-order valence-electron chi connectivity index (χ4n) is 4.17. The van der Waals surface area contributed by atoms with Crippen molar-refractivity contribution in [2.45, 2.75) is 45.8 Å². The summed E-state index contributed by atoms with van der Waals surface area (Å²) < 4.78 is 0. The SMILES string of the molecule is Cc1ccc(C)c(CN2C[C@H]3CC[C@@H](C2)N(Cc2cscn2)C3=O)c1. The number of rotatable bonds is 4. The van der Waals surface area contributed by atoms with Crippen molar-refractivity contribution in [3.05, 3.63) is 51.5 Å². The highest BCUT2D eigenvalue weighted by Crippen LogP contribution is 2.31. The number of benzene rings is 1. The van der Waals surface area contributed by atoms with E-state index in [1.165, 1.54) is 16.7 Å². The number of carbonyl (C=O) groups is 1. The molecule has 0 saturated carbocycles. The number of thiazole rings is 1. The van der Waals surface area contributed by atoms with Crippen LogP contribution in [-0.4, -0.2) is 39.8 Å². The summed E-state index contributed by atoms with van der Waals surface area (Å²) in [5, 5.41) is 2.06. The fraction of sp³-hybridized carbons (Fsp3) is 0.500. The minimum absolute atomic E-state index is 0.141. The van der Waals surface area contributed by atoms with E-state index in [2.05, 4.69) is 52.2 Å². The van der Waals surface area contributed by atoms with Gasteiger partial charge in [-0.3, -0.25) is 9.69 Å². The average Bonchev–Trinajstić information content (AvgIpc) is 2.97. The lowest BCUT2D eigenvalue weighted by Gasteiger charge is -2.35. The van der Waals surface area contributed by atoms with Crippen LogP contribution >= 0.6 is 11.3 Å². The van der Waals surface area contributed by atoms with Crippen LogP contribution in [0.15, 0.2) is 29.1 Å².